The Balaban J connectivity index is 2.96. The number of thiophene rings is 1. The number of nitriles is 1. The fourth-order valence-corrected chi connectivity index (χ4v) is 3.64. The predicted molar refractivity (Wildman–Crippen MR) is 86.5 cm³/mol. The Bertz CT molecular complexity index is 728. The Hall–Kier alpha value is -1.79. The van der Waals surface area contributed by atoms with Crippen LogP contribution < -0.4 is 4.74 Å². The van der Waals surface area contributed by atoms with Gasteiger partial charge in [0.15, 0.2) is 0 Å². The fraction of sp³-hybridized carbons (Fsp3) is 0.353. The van der Waals surface area contributed by atoms with Gasteiger partial charge in [0.1, 0.15) is 16.7 Å². The molecule has 0 radical (unpaired) electrons. The Labute approximate surface area is 124 Å². The van der Waals surface area contributed by atoms with Crippen molar-refractivity contribution in [3.8, 4) is 11.8 Å². The van der Waals surface area contributed by atoms with E-state index in [9.17, 15) is 0 Å². The molecule has 0 aliphatic heterocycles. The topological polar surface area (TPSA) is 33.0 Å². The van der Waals surface area contributed by atoms with Crippen molar-refractivity contribution in [2.45, 2.75) is 34.1 Å². The third kappa shape index (κ3) is 2.32. The van der Waals surface area contributed by atoms with E-state index < -0.39 is 0 Å². The minimum Gasteiger partial charge on any atom is -0.495 e. The van der Waals surface area contributed by atoms with Gasteiger partial charge in [-0.1, -0.05) is 18.6 Å². The average Bonchev–Trinajstić information content (AvgIpc) is 2.83. The largest absolute Gasteiger partial charge is 0.495 e. The number of hydrogen-bond acceptors (Lipinski definition) is 3. The molecule has 1 aromatic heterocycles. The Kier molecular flexibility index (Phi) is 4.15. The number of nitrogens with zero attached hydrogens (tertiary/aromatic N) is 1. The molecular formula is C17H19NOS. The molecule has 1 aromatic carbocycles. The van der Waals surface area contributed by atoms with Gasteiger partial charge in [0.2, 0.25) is 0 Å². The molecule has 3 heteroatoms. The molecule has 0 amide bonds. The Morgan fingerprint density at radius 1 is 1.45 bits per heavy atom. The van der Waals surface area contributed by atoms with Crippen LogP contribution in [0.5, 0.6) is 5.75 Å². The third-order valence-electron chi connectivity index (χ3n) is 3.47. The van der Waals surface area contributed by atoms with Gasteiger partial charge in [-0.05, 0) is 44.4 Å². The van der Waals surface area contributed by atoms with E-state index in [1.54, 1.807) is 7.11 Å². The quantitative estimate of drug-likeness (QED) is 0.788. The standard InChI is InChI=1S/C17H19NOS/c1-6-13-11(4)14(7-10(2)3)16(19-5)17-15(13)8-12(9-18)20-17/h7-8H,6H2,1-5H3. The maximum absolute atomic E-state index is 9.16. The van der Waals surface area contributed by atoms with Gasteiger partial charge in [0.05, 0.1) is 11.8 Å². The van der Waals surface area contributed by atoms with Gasteiger partial charge in [-0.25, -0.2) is 0 Å². The van der Waals surface area contributed by atoms with Crippen LogP contribution in [0, 0.1) is 18.3 Å². The van der Waals surface area contributed by atoms with Crippen molar-refractivity contribution in [2.75, 3.05) is 7.11 Å². The molecule has 104 valence electrons. The summed E-state index contributed by atoms with van der Waals surface area (Å²) in [5, 5.41) is 10.3. The van der Waals surface area contributed by atoms with Crippen molar-refractivity contribution in [3.63, 3.8) is 0 Å². The van der Waals surface area contributed by atoms with Gasteiger partial charge >= 0.3 is 0 Å². The van der Waals surface area contributed by atoms with Crippen LogP contribution in [0.3, 0.4) is 0 Å². The highest BCUT2D eigenvalue weighted by atomic mass is 32.1. The maximum Gasteiger partial charge on any atom is 0.144 e. The number of allylic oxidation sites excluding steroid dienone is 1. The second-order valence-electron chi connectivity index (χ2n) is 5.09. The first-order valence-corrected chi connectivity index (χ1v) is 7.53. The summed E-state index contributed by atoms with van der Waals surface area (Å²) in [6.45, 7) is 8.47. The number of benzene rings is 1. The highest BCUT2D eigenvalue weighted by molar-refractivity contribution is 7.20. The molecule has 0 aliphatic rings. The molecule has 0 bridgehead atoms. The minimum absolute atomic E-state index is 0.738. The zero-order chi connectivity index (χ0) is 14.9. The van der Waals surface area contributed by atoms with E-state index in [0.29, 0.717) is 0 Å². The molecule has 0 aliphatic carbocycles. The van der Waals surface area contributed by atoms with Crippen molar-refractivity contribution >= 4 is 27.5 Å². The van der Waals surface area contributed by atoms with Crippen LogP contribution in [0.1, 0.15) is 42.3 Å². The molecule has 1 heterocycles. The Morgan fingerprint density at radius 3 is 2.65 bits per heavy atom. The molecule has 20 heavy (non-hydrogen) atoms. The number of aryl methyl sites for hydroxylation is 1. The average molecular weight is 285 g/mol. The van der Waals surface area contributed by atoms with Crippen LogP contribution in [0.4, 0.5) is 0 Å². The molecular weight excluding hydrogens is 266 g/mol. The van der Waals surface area contributed by atoms with Crippen molar-refractivity contribution in [2.24, 2.45) is 0 Å². The second kappa shape index (κ2) is 5.68. The molecule has 0 N–H and O–H groups in total. The lowest BCUT2D eigenvalue weighted by atomic mass is 9.95. The first-order valence-electron chi connectivity index (χ1n) is 6.71. The summed E-state index contributed by atoms with van der Waals surface area (Å²) in [7, 11) is 1.70. The summed E-state index contributed by atoms with van der Waals surface area (Å²) < 4.78 is 6.74. The van der Waals surface area contributed by atoms with Crippen LogP contribution in [-0.4, -0.2) is 7.11 Å². The summed E-state index contributed by atoms with van der Waals surface area (Å²) >= 11 is 1.51. The lowest BCUT2D eigenvalue weighted by Gasteiger charge is -2.15. The highest BCUT2D eigenvalue weighted by Crippen LogP contribution is 2.42. The first kappa shape index (κ1) is 14.6. The van der Waals surface area contributed by atoms with E-state index in [2.05, 4.69) is 39.8 Å². The number of rotatable bonds is 3. The van der Waals surface area contributed by atoms with Crippen LogP contribution in [0.15, 0.2) is 11.6 Å². The van der Waals surface area contributed by atoms with Crippen LogP contribution in [0.2, 0.25) is 0 Å². The maximum atomic E-state index is 9.16. The summed E-state index contributed by atoms with van der Waals surface area (Å²) in [4.78, 5) is 0.738. The van der Waals surface area contributed by atoms with Gasteiger partial charge in [-0.2, -0.15) is 5.26 Å². The van der Waals surface area contributed by atoms with E-state index in [1.165, 1.54) is 28.0 Å². The molecule has 2 rings (SSSR count). The predicted octanol–water partition coefficient (Wildman–Crippen LogP) is 5.08. The van der Waals surface area contributed by atoms with Crippen molar-refractivity contribution in [1.82, 2.24) is 0 Å². The monoisotopic (exact) mass is 285 g/mol. The lowest BCUT2D eigenvalue weighted by molar-refractivity contribution is 0.419. The molecule has 0 atom stereocenters. The molecule has 2 nitrogen and oxygen atoms in total. The Morgan fingerprint density at radius 2 is 2.15 bits per heavy atom. The van der Waals surface area contributed by atoms with Crippen molar-refractivity contribution in [3.05, 3.63) is 33.2 Å². The van der Waals surface area contributed by atoms with E-state index in [4.69, 9.17) is 10.00 Å². The zero-order valence-electron chi connectivity index (χ0n) is 12.6. The number of hydrogen-bond donors (Lipinski definition) is 0. The first-order chi connectivity index (χ1) is 9.53. The minimum atomic E-state index is 0.738. The molecule has 2 aromatic rings. The highest BCUT2D eigenvalue weighted by Gasteiger charge is 2.18. The zero-order valence-corrected chi connectivity index (χ0v) is 13.4. The van der Waals surface area contributed by atoms with E-state index in [-0.39, 0.29) is 0 Å². The second-order valence-corrected chi connectivity index (χ2v) is 6.14. The van der Waals surface area contributed by atoms with Crippen LogP contribution in [-0.2, 0) is 6.42 Å². The van der Waals surface area contributed by atoms with Crippen molar-refractivity contribution in [1.29, 1.82) is 5.26 Å². The van der Waals surface area contributed by atoms with E-state index in [0.717, 1.165) is 32.7 Å². The van der Waals surface area contributed by atoms with Gasteiger partial charge in [0, 0.05) is 10.9 Å². The van der Waals surface area contributed by atoms with E-state index in [1.807, 2.05) is 6.07 Å². The van der Waals surface area contributed by atoms with Crippen LogP contribution >= 0.6 is 11.3 Å². The lowest BCUT2D eigenvalue weighted by Crippen LogP contribution is -1.97. The summed E-state index contributed by atoms with van der Waals surface area (Å²) in [6, 6.07) is 4.23. The number of methoxy groups -OCH3 is 1. The molecule has 0 spiro atoms. The smallest absolute Gasteiger partial charge is 0.144 e. The summed E-state index contributed by atoms with van der Waals surface area (Å²) in [6.07, 6.45) is 3.12. The SMILES string of the molecule is CCc1c(C)c(C=C(C)C)c(OC)c2sc(C#N)cc12. The van der Waals surface area contributed by atoms with Gasteiger partial charge in [-0.15, -0.1) is 11.3 Å². The fourth-order valence-electron chi connectivity index (χ4n) is 2.62. The molecule has 0 fully saturated rings. The van der Waals surface area contributed by atoms with Gasteiger partial charge in [-0.3, -0.25) is 0 Å². The van der Waals surface area contributed by atoms with Crippen LogP contribution in [0.25, 0.3) is 16.2 Å². The van der Waals surface area contributed by atoms with E-state index >= 15 is 0 Å². The van der Waals surface area contributed by atoms with Gasteiger partial charge < -0.3 is 4.74 Å². The molecule has 0 saturated carbocycles. The normalized spacial score (nSPS) is 10.4. The van der Waals surface area contributed by atoms with Crippen molar-refractivity contribution < 1.29 is 4.74 Å². The molecule has 0 saturated heterocycles. The summed E-state index contributed by atoms with van der Waals surface area (Å²) in [5.74, 6) is 0.891. The molecule has 0 unspecified atom stereocenters. The number of fused-ring (bicyclic) bond motifs is 1. The third-order valence-corrected chi connectivity index (χ3v) is 4.50. The van der Waals surface area contributed by atoms with Gasteiger partial charge in [0.25, 0.3) is 0 Å². The summed E-state index contributed by atoms with van der Waals surface area (Å²) in [5.41, 5.74) is 4.94. The number of ether oxygens (including phenoxy) is 1.